The molecule has 5 heteroatoms. The maximum absolute atomic E-state index is 12.2. The van der Waals surface area contributed by atoms with Crippen molar-refractivity contribution in [2.24, 2.45) is 17.3 Å². The number of carboxylic acids is 1. The van der Waals surface area contributed by atoms with E-state index in [1.54, 1.807) is 5.57 Å². The highest BCUT2D eigenvalue weighted by Gasteiger charge is 2.62. The predicted octanol–water partition coefficient (Wildman–Crippen LogP) is 5.50. The van der Waals surface area contributed by atoms with Crippen LogP contribution in [0.1, 0.15) is 77.2 Å². The molecule has 192 valence electrons. The van der Waals surface area contributed by atoms with E-state index in [4.69, 9.17) is 9.90 Å². The molecule has 5 rings (SSSR count). The highest BCUT2D eigenvalue weighted by molar-refractivity contribution is 5.93. The number of hydrogen-bond acceptors (Lipinski definition) is 4. The predicted molar refractivity (Wildman–Crippen MR) is 143 cm³/mol. The summed E-state index contributed by atoms with van der Waals surface area (Å²) in [6, 6.07) is 8.97. The fraction of sp³-hybridized carbons (Fsp3) is 0.548. The summed E-state index contributed by atoms with van der Waals surface area (Å²) >= 11 is 0. The molecule has 4 aliphatic rings. The minimum Gasteiger partial charge on any atom is -0.481 e. The first-order chi connectivity index (χ1) is 17.0. The average Bonchev–Trinajstić information content (AvgIpc) is 3.08. The van der Waals surface area contributed by atoms with Crippen molar-refractivity contribution in [2.45, 2.75) is 77.2 Å². The van der Waals surface area contributed by atoms with E-state index in [2.05, 4.69) is 62.0 Å². The van der Waals surface area contributed by atoms with Gasteiger partial charge in [0.2, 0.25) is 0 Å². The molecule has 0 aliphatic heterocycles. The van der Waals surface area contributed by atoms with Crippen molar-refractivity contribution in [3.63, 3.8) is 0 Å². The molecule has 0 bridgehead atoms. The van der Waals surface area contributed by atoms with E-state index in [0.29, 0.717) is 18.3 Å². The van der Waals surface area contributed by atoms with Crippen molar-refractivity contribution in [1.29, 1.82) is 0 Å². The summed E-state index contributed by atoms with van der Waals surface area (Å²) in [6.07, 6.45) is 8.23. The minimum atomic E-state index is -0.914. The molecule has 2 fully saturated rings. The quantitative estimate of drug-likeness (QED) is 0.537. The van der Waals surface area contributed by atoms with Crippen LogP contribution in [0.25, 0.3) is 0 Å². The molecule has 36 heavy (non-hydrogen) atoms. The zero-order valence-electron chi connectivity index (χ0n) is 22.2. The van der Waals surface area contributed by atoms with Crippen molar-refractivity contribution >= 4 is 17.4 Å². The summed E-state index contributed by atoms with van der Waals surface area (Å²) in [6.45, 7) is 5.23. The normalized spacial score (nSPS) is 32.6. The lowest BCUT2D eigenvalue weighted by Crippen LogP contribution is -2.51. The third-order valence-corrected chi connectivity index (χ3v) is 9.03. The van der Waals surface area contributed by atoms with Crippen LogP contribution in [0.4, 0.5) is 5.69 Å². The molecule has 5 atom stereocenters. The van der Waals surface area contributed by atoms with Gasteiger partial charge in [0.15, 0.2) is 5.78 Å². The highest BCUT2D eigenvalue weighted by atomic mass is 16.4. The van der Waals surface area contributed by atoms with Gasteiger partial charge < -0.3 is 15.1 Å². The van der Waals surface area contributed by atoms with Crippen LogP contribution in [-0.2, 0) is 9.59 Å². The number of carbonyl (C=O) groups is 2. The molecule has 2 N–H and O–H groups in total. The third kappa shape index (κ3) is 4.52. The second-order valence-corrected chi connectivity index (χ2v) is 11.3. The van der Waals surface area contributed by atoms with Gasteiger partial charge in [-0.05, 0) is 92.2 Å². The molecule has 0 saturated heterocycles. The zero-order valence-corrected chi connectivity index (χ0v) is 22.2. The molecule has 4 aliphatic carbocycles. The number of nitrogens with zero attached hydrogens (tertiary/aromatic N) is 1. The van der Waals surface area contributed by atoms with Crippen LogP contribution in [0, 0.1) is 29.1 Å². The Bertz CT molecular complexity index is 1160. The monoisotopic (exact) mass is 489 g/mol. The number of rotatable bonds is 2. The summed E-state index contributed by atoms with van der Waals surface area (Å²) in [5, 5.41) is 19.1. The summed E-state index contributed by atoms with van der Waals surface area (Å²) < 4.78 is 0. The topological polar surface area (TPSA) is 77.8 Å². The summed E-state index contributed by atoms with van der Waals surface area (Å²) in [5.41, 5.74) is 5.71. The van der Waals surface area contributed by atoms with Crippen molar-refractivity contribution in [1.82, 2.24) is 0 Å². The number of allylic oxidation sites excluding steroid dienone is 4. The number of fused-ring (bicyclic) bond motifs is 4. The molecular formula is C31H39NO4. The molecule has 1 aromatic rings. The van der Waals surface area contributed by atoms with Crippen LogP contribution in [0.15, 0.2) is 47.1 Å². The van der Waals surface area contributed by atoms with E-state index in [1.807, 2.05) is 13.0 Å². The Morgan fingerprint density at radius 1 is 1.11 bits per heavy atom. The molecular weight excluding hydrogens is 450 g/mol. The minimum absolute atomic E-state index is 0.221. The van der Waals surface area contributed by atoms with E-state index in [1.165, 1.54) is 22.4 Å². The largest absolute Gasteiger partial charge is 0.481 e. The molecule has 0 unspecified atom stereocenters. The average molecular weight is 490 g/mol. The van der Waals surface area contributed by atoms with E-state index in [0.717, 1.165) is 45.4 Å². The number of hydrogen-bond donors (Lipinski definition) is 2. The SMILES string of the molecule is CC#C[C@]1(O)CC[C@H]2[C@@H]3CCC4=CC(=O)CCC4=C3[C@@H](c3ccc(N(C)C)cc3)C[C@@]21C.CC(=O)O. The smallest absolute Gasteiger partial charge is 0.300 e. The Morgan fingerprint density at radius 2 is 1.78 bits per heavy atom. The van der Waals surface area contributed by atoms with Gasteiger partial charge in [-0.25, -0.2) is 0 Å². The molecule has 2 saturated carbocycles. The van der Waals surface area contributed by atoms with Crippen LogP contribution in [0.3, 0.4) is 0 Å². The van der Waals surface area contributed by atoms with Gasteiger partial charge in [-0.1, -0.05) is 30.6 Å². The standard InChI is InChI=1S/C29H35NO2.C2H4O2/c1-5-15-29(32)16-14-26-24-12-8-20-17-22(31)11-13-23(20)27(24)25(18-28(26,29)2)19-6-9-21(10-7-19)30(3)4;1-2(3)4/h6-7,9-10,17,24-26,32H,8,11-14,16,18H2,1-4H3;1H3,(H,3,4)/t24-,25+,26-,28-,29-;/m0./s1. The summed E-state index contributed by atoms with van der Waals surface area (Å²) in [4.78, 5) is 23.3. The van der Waals surface area contributed by atoms with E-state index < -0.39 is 11.6 Å². The Morgan fingerprint density at radius 3 is 2.39 bits per heavy atom. The molecule has 5 nitrogen and oxygen atoms in total. The van der Waals surface area contributed by atoms with Crippen LogP contribution in [0.2, 0.25) is 0 Å². The number of benzene rings is 1. The summed E-state index contributed by atoms with van der Waals surface area (Å²) in [5.74, 6) is 6.92. The maximum Gasteiger partial charge on any atom is 0.300 e. The highest BCUT2D eigenvalue weighted by Crippen LogP contribution is 2.66. The Kier molecular flexibility index (Phi) is 7.21. The Hall–Kier alpha value is -2.84. The number of anilines is 1. The van der Waals surface area contributed by atoms with Gasteiger partial charge in [0.1, 0.15) is 5.60 Å². The van der Waals surface area contributed by atoms with E-state index in [-0.39, 0.29) is 17.1 Å². The second kappa shape index (κ2) is 9.90. The fourth-order valence-electron chi connectivity index (χ4n) is 7.38. The number of aliphatic carboxylic acids is 1. The first kappa shape index (κ1) is 26.2. The zero-order chi connectivity index (χ0) is 26.3. The number of ketones is 1. The molecule has 0 aromatic heterocycles. The fourth-order valence-corrected chi connectivity index (χ4v) is 7.38. The molecule has 0 heterocycles. The maximum atomic E-state index is 12.2. The number of aliphatic hydroxyl groups is 1. The van der Waals surface area contributed by atoms with Gasteiger partial charge in [0.05, 0.1) is 0 Å². The molecule has 0 spiro atoms. The first-order valence-corrected chi connectivity index (χ1v) is 13.1. The van der Waals surface area contributed by atoms with Gasteiger partial charge in [0.25, 0.3) is 5.97 Å². The number of carbonyl (C=O) groups excluding carboxylic acids is 1. The lowest BCUT2D eigenvalue weighted by Gasteiger charge is -2.53. The molecule has 0 radical (unpaired) electrons. The van der Waals surface area contributed by atoms with Gasteiger partial charge in [-0.3, -0.25) is 9.59 Å². The van der Waals surface area contributed by atoms with Gasteiger partial charge in [-0.2, -0.15) is 0 Å². The lowest BCUT2D eigenvalue weighted by atomic mass is 9.51. The van der Waals surface area contributed by atoms with E-state index >= 15 is 0 Å². The Labute approximate surface area is 215 Å². The lowest BCUT2D eigenvalue weighted by molar-refractivity contribution is -0.134. The molecule has 1 aromatic carbocycles. The molecule has 0 amide bonds. The second-order valence-electron chi connectivity index (χ2n) is 11.3. The van der Waals surface area contributed by atoms with Gasteiger partial charge in [0, 0.05) is 44.5 Å². The van der Waals surface area contributed by atoms with Crippen molar-refractivity contribution in [3.8, 4) is 11.8 Å². The Balaban J connectivity index is 0.000000709. The van der Waals surface area contributed by atoms with Crippen molar-refractivity contribution in [2.75, 3.05) is 19.0 Å². The number of carboxylic acid groups (broad SMARTS) is 1. The van der Waals surface area contributed by atoms with Crippen molar-refractivity contribution < 1.29 is 19.8 Å². The summed E-state index contributed by atoms with van der Waals surface area (Å²) in [7, 11) is 4.14. The van der Waals surface area contributed by atoms with Crippen LogP contribution < -0.4 is 4.90 Å². The van der Waals surface area contributed by atoms with E-state index in [9.17, 15) is 9.90 Å². The van der Waals surface area contributed by atoms with Crippen LogP contribution in [0.5, 0.6) is 0 Å². The first-order valence-electron chi connectivity index (χ1n) is 13.1. The van der Waals surface area contributed by atoms with Gasteiger partial charge >= 0.3 is 0 Å². The van der Waals surface area contributed by atoms with Crippen molar-refractivity contribution in [3.05, 3.63) is 52.6 Å². The van der Waals surface area contributed by atoms with Crippen LogP contribution >= 0.6 is 0 Å². The third-order valence-electron chi connectivity index (χ3n) is 9.03. The van der Waals surface area contributed by atoms with Gasteiger partial charge in [-0.15, -0.1) is 5.92 Å². The van der Waals surface area contributed by atoms with Crippen LogP contribution in [-0.4, -0.2) is 41.7 Å².